The van der Waals surface area contributed by atoms with Crippen molar-refractivity contribution in [1.82, 2.24) is 9.88 Å². The summed E-state index contributed by atoms with van der Waals surface area (Å²) in [6.07, 6.45) is 3.65. The quantitative estimate of drug-likeness (QED) is 0.484. The van der Waals surface area contributed by atoms with E-state index in [0.717, 1.165) is 55.4 Å². The number of carboxylic acid groups (broad SMARTS) is 1. The van der Waals surface area contributed by atoms with Crippen LogP contribution in [0.4, 0.5) is 10.2 Å². The smallest absolute Gasteiger partial charge is 0.304 e. The molecule has 3 aliphatic heterocycles. The number of pyridine rings is 1. The first kappa shape index (κ1) is 25.0. The van der Waals surface area contributed by atoms with Gasteiger partial charge in [0.05, 0.1) is 26.2 Å². The molecule has 8 heteroatoms. The number of benzene rings is 1. The number of nitrogens with one attached hydrogen (secondary N) is 1. The Morgan fingerprint density at radius 2 is 2.22 bits per heavy atom. The summed E-state index contributed by atoms with van der Waals surface area (Å²) in [5.41, 5.74) is 1.80. The van der Waals surface area contributed by atoms with Crippen LogP contribution in [0.1, 0.15) is 48.4 Å². The van der Waals surface area contributed by atoms with E-state index in [1.54, 1.807) is 0 Å². The van der Waals surface area contributed by atoms with Crippen molar-refractivity contribution in [2.24, 2.45) is 5.92 Å². The van der Waals surface area contributed by atoms with Crippen molar-refractivity contribution in [1.29, 1.82) is 0 Å². The zero-order chi connectivity index (χ0) is 25.0. The van der Waals surface area contributed by atoms with E-state index in [9.17, 15) is 9.90 Å². The minimum atomic E-state index is -1.28. The van der Waals surface area contributed by atoms with Crippen molar-refractivity contribution in [3.8, 4) is 5.75 Å². The highest BCUT2D eigenvalue weighted by molar-refractivity contribution is 5.68. The summed E-state index contributed by atoms with van der Waals surface area (Å²) in [6, 6.07) is 11.8. The zero-order valence-corrected chi connectivity index (χ0v) is 20.8. The molecule has 2 atom stereocenters. The fourth-order valence-corrected chi connectivity index (χ4v) is 5.40. The summed E-state index contributed by atoms with van der Waals surface area (Å²) in [6.45, 7) is 4.44. The van der Waals surface area contributed by atoms with Gasteiger partial charge in [-0.1, -0.05) is 18.2 Å². The van der Waals surface area contributed by atoms with E-state index in [1.807, 2.05) is 30.3 Å². The summed E-state index contributed by atoms with van der Waals surface area (Å²) in [4.78, 5) is 18.4. The third kappa shape index (κ3) is 6.34. The number of carbonyl (C=O) groups is 1. The molecule has 194 valence electrons. The molecule has 2 aromatic rings. The second-order valence-corrected chi connectivity index (χ2v) is 10.6. The number of alkyl halides is 1. The van der Waals surface area contributed by atoms with Crippen LogP contribution in [0.2, 0.25) is 0 Å². The number of aliphatic carboxylic acids is 1. The number of carboxylic acids is 1. The lowest BCUT2D eigenvalue weighted by Crippen LogP contribution is -2.33. The average Bonchev–Trinajstić information content (AvgIpc) is 3.22. The predicted octanol–water partition coefficient (Wildman–Crippen LogP) is 4.07. The van der Waals surface area contributed by atoms with Crippen molar-refractivity contribution in [3.05, 3.63) is 53.2 Å². The summed E-state index contributed by atoms with van der Waals surface area (Å²) >= 11 is 0. The topological polar surface area (TPSA) is 83.9 Å². The first-order valence-electron chi connectivity index (χ1n) is 13.1. The van der Waals surface area contributed by atoms with Crippen molar-refractivity contribution < 1.29 is 23.8 Å². The number of hydrogen-bond donors (Lipinski definition) is 2. The molecule has 2 fully saturated rings. The standard InChI is InChI=1S/C28H36FN3O4/c29-28(9-8-24-7-6-21-4-2-11-30-27(21)31-24)10-12-32(19-28)15-23(14-26(33)34)22-3-1-5-25(13-22)36-18-20-16-35-17-20/h1,3,5-7,13,20,23H,2,4,8-12,14-19H2,(H,30,31)(H,33,34). The van der Waals surface area contributed by atoms with Gasteiger partial charge in [-0.15, -0.1) is 0 Å². The predicted molar refractivity (Wildman–Crippen MR) is 136 cm³/mol. The number of hydrogen-bond acceptors (Lipinski definition) is 6. The van der Waals surface area contributed by atoms with E-state index in [1.165, 1.54) is 5.56 Å². The number of anilines is 1. The maximum atomic E-state index is 15.8. The largest absolute Gasteiger partial charge is 0.493 e. The first-order valence-corrected chi connectivity index (χ1v) is 13.1. The zero-order valence-electron chi connectivity index (χ0n) is 20.8. The fourth-order valence-electron chi connectivity index (χ4n) is 5.40. The first-order chi connectivity index (χ1) is 17.5. The van der Waals surface area contributed by atoms with Gasteiger partial charge in [-0.05, 0) is 61.4 Å². The summed E-state index contributed by atoms with van der Waals surface area (Å²) < 4.78 is 26.9. The number of aromatic nitrogens is 1. The third-order valence-corrected chi connectivity index (χ3v) is 7.59. The highest BCUT2D eigenvalue weighted by Gasteiger charge is 2.39. The van der Waals surface area contributed by atoms with Crippen LogP contribution in [0.15, 0.2) is 36.4 Å². The number of halogens is 1. The second-order valence-electron chi connectivity index (χ2n) is 10.6. The van der Waals surface area contributed by atoms with E-state index in [0.29, 0.717) is 51.4 Å². The number of rotatable bonds is 11. The third-order valence-electron chi connectivity index (χ3n) is 7.59. The Hall–Kier alpha value is -2.71. The van der Waals surface area contributed by atoms with Gasteiger partial charge in [0.2, 0.25) is 0 Å². The SMILES string of the molecule is O=C(O)CC(CN1CCC(F)(CCc2ccc3c(n2)NCCC3)C1)c1cccc(OCC2COC2)c1. The molecule has 2 N–H and O–H groups in total. The summed E-state index contributed by atoms with van der Waals surface area (Å²) in [5.74, 6) is 1.02. The van der Waals surface area contributed by atoms with E-state index in [-0.39, 0.29) is 12.3 Å². The molecule has 0 spiro atoms. The van der Waals surface area contributed by atoms with Gasteiger partial charge < -0.3 is 19.9 Å². The molecule has 5 rings (SSSR count). The number of likely N-dealkylation sites (tertiary alicyclic amines) is 1. The number of nitrogens with zero attached hydrogens (tertiary/aromatic N) is 2. The molecule has 0 aliphatic carbocycles. The Kier molecular flexibility index (Phi) is 7.72. The van der Waals surface area contributed by atoms with Crippen LogP contribution in [-0.4, -0.2) is 72.6 Å². The minimum Gasteiger partial charge on any atom is -0.493 e. The average molecular weight is 498 g/mol. The van der Waals surface area contributed by atoms with Gasteiger partial charge in [0.15, 0.2) is 0 Å². The Morgan fingerprint density at radius 1 is 1.33 bits per heavy atom. The van der Waals surface area contributed by atoms with Crippen LogP contribution in [0.5, 0.6) is 5.75 Å². The van der Waals surface area contributed by atoms with E-state index < -0.39 is 11.6 Å². The van der Waals surface area contributed by atoms with Gasteiger partial charge in [0.25, 0.3) is 0 Å². The molecule has 3 aliphatic rings. The van der Waals surface area contributed by atoms with Gasteiger partial charge in [0.1, 0.15) is 17.2 Å². The Labute approximate surface area is 212 Å². The lowest BCUT2D eigenvalue weighted by atomic mass is 9.94. The number of ether oxygens (including phenoxy) is 2. The lowest BCUT2D eigenvalue weighted by molar-refractivity contribution is -0.137. The molecule has 0 radical (unpaired) electrons. The molecule has 0 bridgehead atoms. The summed E-state index contributed by atoms with van der Waals surface area (Å²) in [5, 5.41) is 12.9. The van der Waals surface area contributed by atoms with Crippen molar-refractivity contribution >= 4 is 11.8 Å². The Morgan fingerprint density at radius 3 is 3.03 bits per heavy atom. The molecule has 2 unspecified atom stereocenters. The Bertz CT molecular complexity index is 1060. The van der Waals surface area contributed by atoms with Crippen LogP contribution in [-0.2, 0) is 22.4 Å². The maximum absolute atomic E-state index is 15.8. The Balaban J connectivity index is 1.18. The van der Waals surface area contributed by atoms with E-state index in [2.05, 4.69) is 16.3 Å². The molecule has 36 heavy (non-hydrogen) atoms. The normalized spacial score (nSPS) is 22.9. The van der Waals surface area contributed by atoms with Gasteiger partial charge in [-0.3, -0.25) is 9.69 Å². The second kappa shape index (κ2) is 11.1. The van der Waals surface area contributed by atoms with Crippen LogP contribution < -0.4 is 10.1 Å². The molecule has 0 saturated carbocycles. The molecule has 1 aromatic carbocycles. The molecular formula is C28H36FN3O4. The summed E-state index contributed by atoms with van der Waals surface area (Å²) in [7, 11) is 0. The van der Waals surface area contributed by atoms with Crippen LogP contribution in [0.3, 0.4) is 0 Å². The van der Waals surface area contributed by atoms with Crippen LogP contribution in [0, 0.1) is 5.92 Å². The van der Waals surface area contributed by atoms with Gasteiger partial charge in [0, 0.05) is 43.7 Å². The van der Waals surface area contributed by atoms with Gasteiger partial charge in [-0.25, -0.2) is 9.37 Å². The minimum absolute atomic E-state index is 0.00174. The monoisotopic (exact) mass is 497 g/mol. The van der Waals surface area contributed by atoms with E-state index in [4.69, 9.17) is 14.5 Å². The highest BCUT2D eigenvalue weighted by atomic mass is 19.1. The van der Waals surface area contributed by atoms with Crippen molar-refractivity contribution in [3.63, 3.8) is 0 Å². The van der Waals surface area contributed by atoms with Gasteiger partial charge >= 0.3 is 5.97 Å². The highest BCUT2D eigenvalue weighted by Crippen LogP contribution is 2.34. The lowest BCUT2D eigenvalue weighted by Gasteiger charge is -2.27. The van der Waals surface area contributed by atoms with Crippen LogP contribution in [0.25, 0.3) is 0 Å². The van der Waals surface area contributed by atoms with Crippen LogP contribution >= 0.6 is 0 Å². The molecule has 1 aromatic heterocycles. The fraction of sp³-hybridized carbons (Fsp3) is 0.571. The van der Waals surface area contributed by atoms with Crippen molar-refractivity contribution in [2.45, 2.75) is 50.1 Å². The number of aryl methyl sites for hydroxylation is 2. The van der Waals surface area contributed by atoms with E-state index >= 15 is 4.39 Å². The maximum Gasteiger partial charge on any atom is 0.304 e. The molecular weight excluding hydrogens is 461 g/mol. The molecule has 4 heterocycles. The van der Waals surface area contributed by atoms with Crippen molar-refractivity contribution in [2.75, 3.05) is 51.3 Å². The molecule has 2 saturated heterocycles. The molecule has 7 nitrogen and oxygen atoms in total. The van der Waals surface area contributed by atoms with Gasteiger partial charge in [-0.2, -0.15) is 0 Å². The number of fused-ring (bicyclic) bond motifs is 1. The molecule has 0 amide bonds.